The first-order valence-electron chi connectivity index (χ1n) is 7.06. The minimum absolute atomic E-state index is 0.106. The van der Waals surface area contributed by atoms with Gasteiger partial charge in [0.15, 0.2) is 0 Å². The molecule has 0 spiro atoms. The van der Waals surface area contributed by atoms with Gasteiger partial charge < -0.3 is 9.47 Å². The lowest BCUT2D eigenvalue weighted by Gasteiger charge is -2.20. The number of epoxide rings is 1. The second-order valence-corrected chi connectivity index (χ2v) is 7.99. The van der Waals surface area contributed by atoms with Gasteiger partial charge in [-0.1, -0.05) is 18.2 Å². The number of nitrogens with zero attached hydrogens (tertiary/aromatic N) is 1. The van der Waals surface area contributed by atoms with Gasteiger partial charge in [0.05, 0.1) is 21.7 Å². The van der Waals surface area contributed by atoms with Crippen molar-refractivity contribution >= 4 is 31.6 Å². The minimum Gasteiger partial charge on any atom is -0.490 e. The number of hydrogen-bond donors (Lipinski definition) is 0. The van der Waals surface area contributed by atoms with Crippen LogP contribution in [0.1, 0.15) is 0 Å². The first kappa shape index (κ1) is 16.3. The Morgan fingerprint density at radius 3 is 2.61 bits per heavy atom. The maximum absolute atomic E-state index is 12.8. The van der Waals surface area contributed by atoms with Crippen LogP contribution in [0.25, 0.3) is 0 Å². The van der Waals surface area contributed by atoms with E-state index < -0.39 is 10.0 Å². The molecule has 1 atom stereocenters. The molecule has 2 aromatic carbocycles. The van der Waals surface area contributed by atoms with E-state index in [-0.39, 0.29) is 11.0 Å². The van der Waals surface area contributed by atoms with E-state index in [0.717, 1.165) is 0 Å². The summed E-state index contributed by atoms with van der Waals surface area (Å²) in [5.41, 5.74) is 0.601. The Hall–Kier alpha value is -1.57. The van der Waals surface area contributed by atoms with E-state index in [0.29, 0.717) is 29.1 Å². The van der Waals surface area contributed by atoms with Gasteiger partial charge in [-0.3, -0.25) is 4.31 Å². The first-order chi connectivity index (χ1) is 11.0. The molecule has 2 aromatic rings. The summed E-state index contributed by atoms with van der Waals surface area (Å²) in [5, 5.41) is 0. The van der Waals surface area contributed by atoms with Gasteiger partial charge in [-0.25, -0.2) is 8.42 Å². The Bertz CT molecular complexity index is 791. The molecule has 1 aliphatic rings. The zero-order valence-electron chi connectivity index (χ0n) is 12.5. The molecule has 0 N–H and O–H groups in total. The zero-order chi connectivity index (χ0) is 16.4. The third-order valence-electron chi connectivity index (χ3n) is 3.51. The number of para-hydroxylation sites is 1. The topological polar surface area (TPSA) is 59.1 Å². The zero-order valence-corrected chi connectivity index (χ0v) is 14.9. The third-order valence-corrected chi connectivity index (χ3v) is 5.94. The molecule has 1 unspecified atom stereocenters. The van der Waals surface area contributed by atoms with Crippen molar-refractivity contribution in [2.45, 2.75) is 11.0 Å². The number of sulfonamides is 1. The van der Waals surface area contributed by atoms with E-state index in [9.17, 15) is 8.42 Å². The summed E-state index contributed by atoms with van der Waals surface area (Å²) in [6.45, 7) is 1.10. The van der Waals surface area contributed by atoms with Crippen molar-refractivity contribution < 1.29 is 17.9 Å². The molecule has 122 valence electrons. The van der Waals surface area contributed by atoms with Gasteiger partial charge in [-0.05, 0) is 40.2 Å². The Balaban J connectivity index is 1.88. The summed E-state index contributed by atoms with van der Waals surface area (Å²) < 4.78 is 38.2. The maximum atomic E-state index is 12.8. The number of halogens is 1. The molecule has 0 amide bonds. The van der Waals surface area contributed by atoms with Crippen LogP contribution in [-0.2, 0) is 14.8 Å². The van der Waals surface area contributed by atoms with Crippen molar-refractivity contribution in [3.8, 4) is 5.75 Å². The summed E-state index contributed by atoms with van der Waals surface area (Å²) in [7, 11) is -2.12. The Morgan fingerprint density at radius 2 is 1.96 bits per heavy atom. The molecule has 0 saturated carbocycles. The van der Waals surface area contributed by atoms with Crippen LogP contribution in [0.2, 0.25) is 0 Å². The summed E-state index contributed by atoms with van der Waals surface area (Å²) in [4.78, 5) is 0.179. The average Bonchev–Trinajstić information content (AvgIpc) is 3.38. The average molecular weight is 398 g/mol. The van der Waals surface area contributed by atoms with Crippen molar-refractivity contribution in [3.05, 3.63) is 53.0 Å². The third kappa shape index (κ3) is 3.68. The van der Waals surface area contributed by atoms with Crippen LogP contribution < -0.4 is 9.04 Å². The van der Waals surface area contributed by atoms with Gasteiger partial charge in [-0.2, -0.15) is 0 Å². The lowest BCUT2D eigenvalue weighted by atomic mass is 10.3. The van der Waals surface area contributed by atoms with Crippen molar-refractivity contribution in [3.63, 3.8) is 0 Å². The lowest BCUT2D eigenvalue weighted by Crippen LogP contribution is -2.26. The smallest absolute Gasteiger partial charge is 0.264 e. The minimum atomic E-state index is -3.65. The highest BCUT2D eigenvalue weighted by molar-refractivity contribution is 9.10. The van der Waals surface area contributed by atoms with Crippen LogP contribution in [0.5, 0.6) is 5.75 Å². The van der Waals surface area contributed by atoms with Crippen LogP contribution in [0.4, 0.5) is 5.69 Å². The number of rotatable bonds is 6. The molecule has 0 radical (unpaired) electrons. The predicted molar refractivity (Wildman–Crippen MR) is 91.4 cm³/mol. The highest BCUT2D eigenvalue weighted by atomic mass is 79.9. The quantitative estimate of drug-likeness (QED) is 0.702. The lowest BCUT2D eigenvalue weighted by molar-refractivity contribution is 0.261. The molecule has 0 aliphatic carbocycles. The van der Waals surface area contributed by atoms with E-state index in [2.05, 4.69) is 15.9 Å². The van der Waals surface area contributed by atoms with Gasteiger partial charge >= 0.3 is 0 Å². The molecular weight excluding hydrogens is 382 g/mol. The van der Waals surface area contributed by atoms with E-state index in [4.69, 9.17) is 9.47 Å². The number of benzene rings is 2. The molecule has 1 heterocycles. The summed E-state index contributed by atoms with van der Waals surface area (Å²) in [6, 6.07) is 13.7. The summed E-state index contributed by atoms with van der Waals surface area (Å²) in [5.74, 6) is 0.489. The van der Waals surface area contributed by atoms with Crippen molar-refractivity contribution in [1.29, 1.82) is 0 Å². The molecule has 0 bridgehead atoms. The van der Waals surface area contributed by atoms with Crippen molar-refractivity contribution in [2.75, 3.05) is 24.6 Å². The van der Waals surface area contributed by atoms with Crippen LogP contribution >= 0.6 is 15.9 Å². The highest BCUT2D eigenvalue weighted by Crippen LogP contribution is 2.31. The Kier molecular flexibility index (Phi) is 4.61. The van der Waals surface area contributed by atoms with Crippen molar-refractivity contribution in [1.82, 2.24) is 0 Å². The monoisotopic (exact) mass is 397 g/mol. The normalized spacial score (nSPS) is 16.9. The molecule has 0 aromatic heterocycles. The summed E-state index contributed by atoms with van der Waals surface area (Å²) in [6.07, 6.45) is 0.106. The Morgan fingerprint density at radius 1 is 1.26 bits per heavy atom. The van der Waals surface area contributed by atoms with Crippen LogP contribution in [-0.4, -0.2) is 34.8 Å². The first-order valence-corrected chi connectivity index (χ1v) is 9.30. The molecule has 7 heteroatoms. The second-order valence-electron chi connectivity index (χ2n) is 5.17. The molecular formula is C16H16BrNO4S. The number of hydrogen-bond acceptors (Lipinski definition) is 4. The number of ether oxygens (including phenoxy) is 2. The van der Waals surface area contributed by atoms with Gasteiger partial charge in [0.1, 0.15) is 18.5 Å². The predicted octanol–water partition coefficient (Wildman–Crippen LogP) is 3.05. The van der Waals surface area contributed by atoms with Gasteiger partial charge in [0.2, 0.25) is 0 Å². The van der Waals surface area contributed by atoms with Crippen LogP contribution in [0.15, 0.2) is 57.9 Å². The van der Waals surface area contributed by atoms with E-state index >= 15 is 0 Å². The molecule has 1 aliphatic heterocycles. The molecule has 23 heavy (non-hydrogen) atoms. The van der Waals surface area contributed by atoms with Crippen LogP contribution in [0.3, 0.4) is 0 Å². The SMILES string of the molecule is CN(c1ccccc1)S(=O)(=O)c1ccc(Br)c(OCC2CO2)c1. The second kappa shape index (κ2) is 6.51. The van der Waals surface area contributed by atoms with E-state index in [1.807, 2.05) is 6.07 Å². The molecule has 1 fully saturated rings. The fourth-order valence-electron chi connectivity index (χ4n) is 2.04. The van der Waals surface area contributed by atoms with Crippen molar-refractivity contribution in [2.24, 2.45) is 0 Å². The molecule has 3 rings (SSSR count). The van der Waals surface area contributed by atoms with Gasteiger partial charge in [0.25, 0.3) is 10.0 Å². The van der Waals surface area contributed by atoms with E-state index in [1.54, 1.807) is 36.4 Å². The van der Waals surface area contributed by atoms with E-state index in [1.165, 1.54) is 17.4 Å². The maximum Gasteiger partial charge on any atom is 0.264 e. The fourth-order valence-corrected chi connectivity index (χ4v) is 3.61. The molecule has 1 saturated heterocycles. The van der Waals surface area contributed by atoms with Crippen LogP contribution in [0, 0.1) is 0 Å². The van der Waals surface area contributed by atoms with Gasteiger partial charge in [0, 0.05) is 13.1 Å². The fraction of sp³-hybridized carbons (Fsp3) is 0.250. The van der Waals surface area contributed by atoms with Gasteiger partial charge in [-0.15, -0.1) is 0 Å². The number of anilines is 1. The Labute approximate surface area is 144 Å². The summed E-state index contributed by atoms with van der Waals surface area (Å²) >= 11 is 3.38. The highest BCUT2D eigenvalue weighted by Gasteiger charge is 2.25. The largest absolute Gasteiger partial charge is 0.490 e. The molecule has 5 nitrogen and oxygen atoms in total. The standard InChI is InChI=1S/C16H16BrNO4S/c1-18(12-5-3-2-4-6-12)23(19,20)14-7-8-15(17)16(9-14)22-11-13-10-21-13/h2-9,13H,10-11H2,1H3.